The number of methoxy groups -OCH3 is 1. The first-order valence-corrected chi connectivity index (χ1v) is 8.69. The van der Waals surface area contributed by atoms with Gasteiger partial charge in [0.1, 0.15) is 13.2 Å². The van der Waals surface area contributed by atoms with Gasteiger partial charge in [0, 0.05) is 37.4 Å². The highest BCUT2D eigenvalue weighted by Gasteiger charge is 2.48. The van der Waals surface area contributed by atoms with Crippen molar-refractivity contribution in [2.45, 2.75) is 31.8 Å². The Morgan fingerprint density at radius 1 is 1.21 bits per heavy atom. The Bertz CT molecular complexity index is 623. The van der Waals surface area contributed by atoms with Gasteiger partial charge in [-0.2, -0.15) is 0 Å². The molecule has 2 aliphatic heterocycles. The van der Waals surface area contributed by atoms with Crippen LogP contribution in [0, 0.1) is 5.41 Å². The molecule has 0 radical (unpaired) electrons. The lowest BCUT2D eigenvalue weighted by Gasteiger charge is -2.53. The number of piperidine rings is 1. The molecule has 0 bridgehead atoms. The second-order valence-corrected chi connectivity index (χ2v) is 6.90. The van der Waals surface area contributed by atoms with E-state index in [2.05, 4.69) is 5.32 Å². The van der Waals surface area contributed by atoms with Gasteiger partial charge in [-0.15, -0.1) is 0 Å². The lowest BCUT2D eigenvalue weighted by atomic mass is 9.61. The van der Waals surface area contributed by atoms with Crippen LogP contribution in [0.5, 0.6) is 11.5 Å². The van der Waals surface area contributed by atoms with E-state index in [0.717, 1.165) is 43.8 Å². The van der Waals surface area contributed by atoms with Crippen LogP contribution in [0.2, 0.25) is 0 Å². The van der Waals surface area contributed by atoms with Crippen LogP contribution in [0.1, 0.15) is 25.7 Å². The van der Waals surface area contributed by atoms with Gasteiger partial charge in [-0.25, -0.2) is 4.79 Å². The molecule has 1 saturated heterocycles. The molecule has 4 rings (SSSR count). The Morgan fingerprint density at radius 2 is 1.96 bits per heavy atom. The topological polar surface area (TPSA) is 60.0 Å². The summed E-state index contributed by atoms with van der Waals surface area (Å²) in [6, 6.07) is 5.47. The molecule has 1 aromatic rings. The van der Waals surface area contributed by atoms with Crippen molar-refractivity contribution in [2.75, 3.05) is 38.7 Å². The van der Waals surface area contributed by atoms with Crippen LogP contribution < -0.4 is 14.8 Å². The molecular formula is C18H24N2O4. The number of hydrogen-bond acceptors (Lipinski definition) is 4. The van der Waals surface area contributed by atoms with Gasteiger partial charge < -0.3 is 24.4 Å². The highest BCUT2D eigenvalue weighted by Crippen LogP contribution is 2.50. The molecule has 6 nitrogen and oxygen atoms in total. The predicted molar refractivity (Wildman–Crippen MR) is 89.7 cm³/mol. The standard InChI is InChI=1S/C18H24N2O4/c1-22-16-4-5-18(16)6-8-20(9-7-18)17(21)19-13-2-3-14-15(12-13)24-11-10-23-14/h2-3,12,16H,4-11H2,1H3,(H,19,21). The van der Waals surface area contributed by atoms with Crippen LogP contribution in [-0.4, -0.2) is 50.4 Å². The number of fused-ring (bicyclic) bond motifs is 1. The van der Waals surface area contributed by atoms with Crippen LogP contribution in [0.25, 0.3) is 0 Å². The molecular weight excluding hydrogens is 308 g/mol. The Hall–Kier alpha value is -1.95. The monoisotopic (exact) mass is 332 g/mol. The molecule has 2 amide bonds. The number of hydrogen-bond donors (Lipinski definition) is 1. The van der Waals surface area contributed by atoms with Crippen LogP contribution in [0.3, 0.4) is 0 Å². The smallest absolute Gasteiger partial charge is 0.321 e. The first-order valence-electron chi connectivity index (χ1n) is 8.69. The number of nitrogens with one attached hydrogen (secondary N) is 1. The molecule has 130 valence electrons. The van der Waals surface area contributed by atoms with E-state index in [0.29, 0.717) is 30.5 Å². The molecule has 2 fully saturated rings. The lowest BCUT2D eigenvalue weighted by Crippen LogP contribution is -2.54. The molecule has 6 heteroatoms. The molecule has 3 aliphatic rings. The molecule has 1 spiro atoms. The van der Waals surface area contributed by atoms with E-state index < -0.39 is 0 Å². The highest BCUT2D eigenvalue weighted by molar-refractivity contribution is 5.89. The summed E-state index contributed by atoms with van der Waals surface area (Å²) in [5.74, 6) is 1.42. The quantitative estimate of drug-likeness (QED) is 0.905. The summed E-state index contributed by atoms with van der Waals surface area (Å²) in [7, 11) is 1.80. The summed E-state index contributed by atoms with van der Waals surface area (Å²) in [4.78, 5) is 14.4. The number of benzene rings is 1. The number of rotatable bonds is 2. The maximum atomic E-state index is 12.5. The zero-order chi connectivity index (χ0) is 16.6. The summed E-state index contributed by atoms with van der Waals surface area (Å²) < 4.78 is 16.6. The van der Waals surface area contributed by atoms with Gasteiger partial charge in [-0.1, -0.05) is 0 Å². The largest absolute Gasteiger partial charge is 0.486 e. The van der Waals surface area contributed by atoms with E-state index in [1.807, 2.05) is 23.1 Å². The molecule has 2 heterocycles. The maximum absolute atomic E-state index is 12.5. The van der Waals surface area contributed by atoms with Gasteiger partial charge in [-0.3, -0.25) is 0 Å². The molecule has 1 unspecified atom stereocenters. The summed E-state index contributed by atoms with van der Waals surface area (Å²) >= 11 is 0. The van der Waals surface area contributed by atoms with Crippen LogP contribution in [-0.2, 0) is 4.74 Å². The van der Waals surface area contributed by atoms with Crippen molar-refractivity contribution < 1.29 is 19.0 Å². The molecule has 1 aliphatic carbocycles. The number of anilines is 1. The van der Waals surface area contributed by atoms with E-state index in [9.17, 15) is 4.79 Å². The number of amides is 2. The van der Waals surface area contributed by atoms with E-state index in [1.54, 1.807) is 7.11 Å². The Labute approximate surface area is 142 Å². The minimum atomic E-state index is -0.0465. The first kappa shape index (κ1) is 15.6. The third-order valence-corrected chi connectivity index (χ3v) is 5.71. The normalized spacial score (nSPS) is 24.4. The fraction of sp³-hybridized carbons (Fsp3) is 0.611. The summed E-state index contributed by atoms with van der Waals surface area (Å²) in [5, 5.41) is 2.97. The zero-order valence-corrected chi connectivity index (χ0v) is 14.0. The Kier molecular flexibility index (Phi) is 4.00. The minimum absolute atomic E-state index is 0.0465. The third-order valence-electron chi connectivity index (χ3n) is 5.71. The van der Waals surface area contributed by atoms with Crippen molar-refractivity contribution >= 4 is 11.7 Å². The van der Waals surface area contributed by atoms with Crippen molar-refractivity contribution in [3.8, 4) is 11.5 Å². The van der Waals surface area contributed by atoms with E-state index in [-0.39, 0.29) is 6.03 Å². The van der Waals surface area contributed by atoms with Gasteiger partial charge in [0.05, 0.1) is 6.10 Å². The van der Waals surface area contributed by atoms with Gasteiger partial charge in [0.2, 0.25) is 0 Å². The number of carbonyl (C=O) groups is 1. The summed E-state index contributed by atoms with van der Waals surface area (Å²) in [6.45, 7) is 2.68. The number of urea groups is 1. The molecule has 24 heavy (non-hydrogen) atoms. The Morgan fingerprint density at radius 3 is 2.62 bits per heavy atom. The zero-order valence-electron chi connectivity index (χ0n) is 14.0. The van der Waals surface area contributed by atoms with Crippen molar-refractivity contribution in [1.82, 2.24) is 4.90 Å². The van der Waals surface area contributed by atoms with Crippen LogP contribution in [0.4, 0.5) is 10.5 Å². The molecule has 1 saturated carbocycles. The minimum Gasteiger partial charge on any atom is -0.486 e. The van der Waals surface area contributed by atoms with Gasteiger partial charge in [0.25, 0.3) is 0 Å². The van der Waals surface area contributed by atoms with Crippen molar-refractivity contribution in [3.05, 3.63) is 18.2 Å². The predicted octanol–water partition coefficient (Wildman–Crippen LogP) is 2.88. The van der Waals surface area contributed by atoms with E-state index >= 15 is 0 Å². The molecule has 1 atom stereocenters. The number of nitrogens with zero attached hydrogens (tertiary/aromatic N) is 1. The number of carbonyl (C=O) groups excluding carboxylic acids is 1. The maximum Gasteiger partial charge on any atom is 0.321 e. The third kappa shape index (κ3) is 2.69. The number of likely N-dealkylation sites (tertiary alicyclic amines) is 1. The molecule has 1 N–H and O–H groups in total. The van der Waals surface area contributed by atoms with Gasteiger partial charge in [0.15, 0.2) is 11.5 Å². The fourth-order valence-electron chi connectivity index (χ4n) is 4.09. The highest BCUT2D eigenvalue weighted by atomic mass is 16.6. The summed E-state index contributed by atoms with van der Waals surface area (Å²) in [6.07, 6.45) is 4.81. The molecule has 1 aromatic carbocycles. The van der Waals surface area contributed by atoms with Crippen LogP contribution in [0.15, 0.2) is 18.2 Å². The van der Waals surface area contributed by atoms with E-state index in [4.69, 9.17) is 14.2 Å². The van der Waals surface area contributed by atoms with Gasteiger partial charge >= 0.3 is 6.03 Å². The average Bonchev–Trinajstić information content (AvgIpc) is 2.61. The second-order valence-electron chi connectivity index (χ2n) is 6.90. The molecule has 0 aromatic heterocycles. The average molecular weight is 332 g/mol. The second kappa shape index (κ2) is 6.16. The lowest BCUT2D eigenvalue weighted by molar-refractivity contribution is -0.115. The number of ether oxygens (including phenoxy) is 3. The van der Waals surface area contributed by atoms with Crippen molar-refractivity contribution in [1.29, 1.82) is 0 Å². The van der Waals surface area contributed by atoms with Crippen molar-refractivity contribution in [2.24, 2.45) is 5.41 Å². The summed E-state index contributed by atoms with van der Waals surface area (Å²) in [5.41, 5.74) is 1.05. The first-order chi connectivity index (χ1) is 11.7. The van der Waals surface area contributed by atoms with Crippen molar-refractivity contribution in [3.63, 3.8) is 0 Å². The van der Waals surface area contributed by atoms with E-state index in [1.165, 1.54) is 6.42 Å². The fourth-order valence-corrected chi connectivity index (χ4v) is 4.09. The van der Waals surface area contributed by atoms with Crippen LogP contribution >= 0.6 is 0 Å². The Balaban J connectivity index is 1.35. The SMILES string of the molecule is COC1CCC12CCN(C(=O)Nc1ccc3c(c1)OCCO3)CC2. The van der Waals surface area contributed by atoms with Gasteiger partial charge in [-0.05, 0) is 37.8 Å².